The largest absolute Gasteiger partial charge is 0.388 e. The smallest absolute Gasteiger partial charge is 0.175 e. The lowest BCUT2D eigenvalue weighted by atomic mass is 10.1. The van der Waals surface area contributed by atoms with E-state index < -0.39 is 15.9 Å². The second-order valence-corrected chi connectivity index (χ2v) is 9.06. The summed E-state index contributed by atoms with van der Waals surface area (Å²) in [5.74, 6) is 1.38. The molecular weight excluding hydrogens is 352 g/mol. The van der Waals surface area contributed by atoms with Crippen molar-refractivity contribution in [3.05, 3.63) is 77.9 Å². The summed E-state index contributed by atoms with van der Waals surface area (Å²) in [6.07, 6.45) is 0.562. The van der Waals surface area contributed by atoms with Crippen molar-refractivity contribution in [1.29, 1.82) is 0 Å². The predicted molar refractivity (Wildman–Crippen MR) is 105 cm³/mol. The van der Waals surface area contributed by atoms with Crippen molar-refractivity contribution < 1.29 is 13.5 Å². The molecule has 1 N–H and O–H groups in total. The first-order valence-corrected chi connectivity index (χ1v) is 11.0. The van der Waals surface area contributed by atoms with Crippen molar-refractivity contribution in [2.75, 3.05) is 12.0 Å². The van der Waals surface area contributed by atoms with Crippen LogP contribution in [-0.4, -0.2) is 25.5 Å². The summed E-state index contributed by atoms with van der Waals surface area (Å²) in [4.78, 5) is 0.270. The van der Waals surface area contributed by atoms with Crippen molar-refractivity contribution in [2.45, 2.75) is 16.8 Å². The lowest BCUT2D eigenvalue weighted by molar-refractivity contribution is 0.204. The van der Waals surface area contributed by atoms with Gasteiger partial charge < -0.3 is 5.11 Å². The van der Waals surface area contributed by atoms with Gasteiger partial charge in [0.15, 0.2) is 9.84 Å². The third kappa shape index (κ3) is 4.42. The fourth-order valence-corrected chi connectivity index (χ4v) is 4.37. The standard InChI is InChI=1S/C20H20O3S2/c1-25(22,23)18-11-9-16(10-12-18)20(21)14-24-13-17-7-4-6-15-5-2-3-8-19(15)17/h2-12,20-21H,13-14H2,1H3/t20-/m1/s1. The average Bonchev–Trinajstić information content (AvgIpc) is 2.61. The Kier molecular flexibility index (Phi) is 5.47. The molecule has 0 unspecified atom stereocenters. The van der Waals surface area contributed by atoms with Crippen molar-refractivity contribution in [3.8, 4) is 0 Å². The quantitative estimate of drug-likeness (QED) is 0.704. The van der Waals surface area contributed by atoms with Crippen LogP contribution >= 0.6 is 11.8 Å². The number of thioether (sulfide) groups is 1. The van der Waals surface area contributed by atoms with E-state index in [4.69, 9.17) is 0 Å². The van der Waals surface area contributed by atoms with Gasteiger partial charge in [-0.25, -0.2) is 8.42 Å². The number of hydrogen-bond acceptors (Lipinski definition) is 4. The Morgan fingerprint density at radius 2 is 1.64 bits per heavy atom. The summed E-state index contributed by atoms with van der Waals surface area (Å²) in [6, 6.07) is 21.0. The first-order valence-electron chi connectivity index (χ1n) is 7.97. The van der Waals surface area contributed by atoms with Gasteiger partial charge in [-0.1, -0.05) is 54.6 Å². The molecule has 0 radical (unpaired) electrons. The number of sulfone groups is 1. The Morgan fingerprint density at radius 3 is 2.36 bits per heavy atom. The Morgan fingerprint density at radius 1 is 0.960 bits per heavy atom. The van der Waals surface area contributed by atoms with Crippen LogP contribution in [0.2, 0.25) is 0 Å². The summed E-state index contributed by atoms with van der Waals surface area (Å²) in [5.41, 5.74) is 1.99. The molecule has 0 amide bonds. The highest BCUT2D eigenvalue weighted by atomic mass is 32.2. The molecule has 1 atom stereocenters. The molecule has 0 saturated carbocycles. The third-order valence-electron chi connectivity index (χ3n) is 4.11. The molecule has 130 valence electrons. The first-order chi connectivity index (χ1) is 11.9. The van der Waals surface area contributed by atoms with E-state index in [1.165, 1.54) is 22.6 Å². The van der Waals surface area contributed by atoms with Gasteiger partial charge in [-0.15, -0.1) is 0 Å². The van der Waals surface area contributed by atoms with Gasteiger partial charge in [-0.05, 0) is 34.0 Å². The molecule has 0 spiro atoms. The summed E-state index contributed by atoms with van der Waals surface area (Å²) in [5, 5.41) is 12.8. The van der Waals surface area contributed by atoms with Crippen LogP contribution in [0.1, 0.15) is 17.2 Å². The molecule has 3 aromatic carbocycles. The molecule has 3 nitrogen and oxygen atoms in total. The molecule has 0 aliphatic heterocycles. The van der Waals surface area contributed by atoms with E-state index in [1.807, 2.05) is 12.1 Å². The van der Waals surface area contributed by atoms with E-state index >= 15 is 0 Å². The topological polar surface area (TPSA) is 54.4 Å². The fraction of sp³-hybridized carbons (Fsp3) is 0.200. The van der Waals surface area contributed by atoms with Gasteiger partial charge in [-0.3, -0.25) is 0 Å². The average molecular weight is 373 g/mol. The van der Waals surface area contributed by atoms with Crippen LogP contribution in [0.15, 0.2) is 71.6 Å². The van der Waals surface area contributed by atoms with Crippen LogP contribution in [-0.2, 0) is 15.6 Å². The Balaban J connectivity index is 1.63. The molecule has 0 bridgehead atoms. The molecule has 3 rings (SSSR count). The number of rotatable bonds is 6. The van der Waals surface area contributed by atoms with Gasteiger partial charge in [-0.2, -0.15) is 11.8 Å². The van der Waals surface area contributed by atoms with Gasteiger partial charge in [0.25, 0.3) is 0 Å². The van der Waals surface area contributed by atoms with E-state index in [0.29, 0.717) is 5.75 Å². The minimum absolute atomic E-state index is 0.270. The number of fused-ring (bicyclic) bond motifs is 1. The number of aliphatic hydroxyl groups excluding tert-OH is 1. The van der Waals surface area contributed by atoms with E-state index in [1.54, 1.807) is 36.0 Å². The van der Waals surface area contributed by atoms with Crippen LogP contribution in [0.3, 0.4) is 0 Å². The Hall–Kier alpha value is -1.82. The molecule has 0 fully saturated rings. The SMILES string of the molecule is CS(=O)(=O)c1ccc([C@H](O)CSCc2cccc3ccccc23)cc1. The molecule has 0 heterocycles. The number of hydrogen-bond donors (Lipinski definition) is 1. The lowest BCUT2D eigenvalue weighted by Gasteiger charge is -2.12. The highest BCUT2D eigenvalue weighted by Crippen LogP contribution is 2.26. The van der Waals surface area contributed by atoms with Gasteiger partial charge in [0.2, 0.25) is 0 Å². The van der Waals surface area contributed by atoms with Gasteiger partial charge >= 0.3 is 0 Å². The maximum absolute atomic E-state index is 11.5. The van der Waals surface area contributed by atoms with Gasteiger partial charge in [0.05, 0.1) is 11.0 Å². The predicted octanol–water partition coefficient (Wildman–Crippen LogP) is 4.21. The summed E-state index contributed by atoms with van der Waals surface area (Å²) >= 11 is 1.67. The fourth-order valence-electron chi connectivity index (χ4n) is 2.73. The lowest BCUT2D eigenvalue weighted by Crippen LogP contribution is -2.03. The zero-order chi connectivity index (χ0) is 17.9. The number of aliphatic hydroxyl groups is 1. The van der Waals surface area contributed by atoms with E-state index in [9.17, 15) is 13.5 Å². The molecular formula is C20H20O3S2. The van der Waals surface area contributed by atoms with E-state index in [-0.39, 0.29) is 4.90 Å². The molecule has 3 aromatic rings. The molecule has 0 saturated heterocycles. The van der Waals surface area contributed by atoms with Crippen LogP contribution in [0.25, 0.3) is 10.8 Å². The minimum atomic E-state index is -3.21. The zero-order valence-corrected chi connectivity index (χ0v) is 15.6. The van der Waals surface area contributed by atoms with Crippen LogP contribution in [0.4, 0.5) is 0 Å². The maximum atomic E-state index is 11.5. The van der Waals surface area contributed by atoms with Gasteiger partial charge in [0, 0.05) is 17.8 Å². The number of benzene rings is 3. The monoisotopic (exact) mass is 372 g/mol. The molecule has 0 aliphatic carbocycles. The summed E-state index contributed by atoms with van der Waals surface area (Å²) in [6.45, 7) is 0. The molecule has 0 aromatic heterocycles. The Labute approximate surface area is 152 Å². The summed E-state index contributed by atoms with van der Waals surface area (Å²) < 4.78 is 23.0. The maximum Gasteiger partial charge on any atom is 0.175 e. The normalized spacial score (nSPS) is 13.0. The van der Waals surface area contributed by atoms with Crippen molar-refractivity contribution >= 4 is 32.4 Å². The minimum Gasteiger partial charge on any atom is -0.388 e. The van der Waals surface area contributed by atoms with Gasteiger partial charge in [0.1, 0.15) is 0 Å². The Bertz CT molecular complexity index is 958. The summed E-state index contributed by atoms with van der Waals surface area (Å²) in [7, 11) is -3.21. The highest BCUT2D eigenvalue weighted by Gasteiger charge is 2.11. The van der Waals surface area contributed by atoms with Crippen LogP contribution in [0.5, 0.6) is 0 Å². The molecule has 25 heavy (non-hydrogen) atoms. The second-order valence-electron chi connectivity index (χ2n) is 6.01. The zero-order valence-electron chi connectivity index (χ0n) is 13.9. The van der Waals surface area contributed by atoms with Crippen LogP contribution in [0, 0.1) is 0 Å². The van der Waals surface area contributed by atoms with Crippen LogP contribution < -0.4 is 0 Å². The van der Waals surface area contributed by atoms with Crippen molar-refractivity contribution in [3.63, 3.8) is 0 Å². The second kappa shape index (κ2) is 7.60. The highest BCUT2D eigenvalue weighted by molar-refractivity contribution is 7.98. The van der Waals surface area contributed by atoms with Crippen molar-refractivity contribution in [2.24, 2.45) is 0 Å². The molecule has 5 heteroatoms. The van der Waals surface area contributed by atoms with E-state index in [0.717, 1.165) is 11.3 Å². The van der Waals surface area contributed by atoms with Crippen molar-refractivity contribution in [1.82, 2.24) is 0 Å². The third-order valence-corrected chi connectivity index (χ3v) is 6.30. The first kappa shape index (κ1) is 18.0. The molecule has 0 aliphatic rings. The van der Waals surface area contributed by atoms with E-state index in [2.05, 4.69) is 30.3 Å².